The lowest BCUT2D eigenvalue weighted by Crippen LogP contribution is -3.12. The first kappa shape index (κ1) is 20.9. The molecule has 2 aromatic carbocycles. The molecule has 4 amide bonds. The molecule has 2 atom stereocenters. The van der Waals surface area contributed by atoms with Crippen molar-refractivity contribution in [2.75, 3.05) is 27.4 Å². The Hall–Kier alpha value is -3.39. The Morgan fingerprint density at radius 1 is 0.968 bits per heavy atom. The Morgan fingerprint density at radius 3 is 2.42 bits per heavy atom. The Balaban J connectivity index is 1.52. The van der Waals surface area contributed by atoms with Gasteiger partial charge in [0.25, 0.3) is 0 Å². The first-order chi connectivity index (χ1) is 15.0. The number of carbonyl (C=O) groups is 3. The molecular formula is C23H26N3O5+. The predicted molar refractivity (Wildman–Crippen MR) is 111 cm³/mol. The number of quaternary nitrogens is 1. The molecule has 0 radical (unpaired) electrons. The zero-order chi connectivity index (χ0) is 22.0. The van der Waals surface area contributed by atoms with E-state index in [0.29, 0.717) is 11.5 Å². The molecule has 2 aliphatic heterocycles. The maximum atomic E-state index is 12.9. The summed E-state index contributed by atoms with van der Waals surface area (Å²) in [6.07, 6.45) is 1.85. The van der Waals surface area contributed by atoms with Gasteiger partial charge < -0.3 is 14.4 Å². The average molecular weight is 424 g/mol. The van der Waals surface area contributed by atoms with Crippen molar-refractivity contribution >= 4 is 17.8 Å². The molecule has 0 aromatic heterocycles. The summed E-state index contributed by atoms with van der Waals surface area (Å²) in [4.78, 5) is 41.2. The highest BCUT2D eigenvalue weighted by molar-refractivity contribution is 6.44. The maximum Gasteiger partial charge on any atom is 0.339 e. The average Bonchev–Trinajstić information content (AvgIpc) is 3.34. The van der Waals surface area contributed by atoms with Gasteiger partial charge in [0.15, 0.2) is 6.67 Å². The van der Waals surface area contributed by atoms with Crippen LogP contribution in [0, 0.1) is 0 Å². The molecule has 2 fully saturated rings. The number of rotatable bonds is 7. The molecule has 2 aliphatic rings. The Morgan fingerprint density at radius 2 is 1.71 bits per heavy atom. The van der Waals surface area contributed by atoms with E-state index < -0.39 is 17.8 Å². The van der Waals surface area contributed by atoms with Gasteiger partial charge in [0.1, 0.15) is 17.5 Å². The van der Waals surface area contributed by atoms with Gasteiger partial charge in [-0.1, -0.05) is 30.3 Å². The van der Waals surface area contributed by atoms with E-state index in [-0.39, 0.29) is 19.3 Å². The van der Waals surface area contributed by atoms with Crippen molar-refractivity contribution in [3.63, 3.8) is 0 Å². The molecule has 31 heavy (non-hydrogen) atoms. The van der Waals surface area contributed by atoms with Gasteiger partial charge in [-0.3, -0.25) is 14.5 Å². The highest BCUT2D eigenvalue weighted by Gasteiger charge is 2.47. The molecule has 0 saturated carbocycles. The van der Waals surface area contributed by atoms with E-state index in [9.17, 15) is 14.4 Å². The number of nitrogens with one attached hydrogen (secondary N) is 1. The molecule has 2 saturated heterocycles. The molecule has 8 heteroatoms. The zero-order valence-corrected chi connectivity index (χ0v) is 17.7. The Kier molecular flexibility index (Phi) is 5.90. The zero-order valence-electron chi connectivity index (χ0n) is 17.7. The highest BCUT2D eigenvalue weighted by Crippen LogP contribution is 2.31. The van der Waals surface area contributed by atoms with E-state index in [1.54, 1.807) is 14.2 Å². The minimum Gasteiger partial charge on any atom is -0.497 e. The van der Waals surface area contributed by atoms with E-state index in [2.05, 4.69) is 0 Å². The molecule has 2 aromatic rings. The normalized spacial score (nSPS) is 21.2. The van der Waals surface area contributed by atoms with Crippen molar-refractivity contribution in [2.45, 2.75) is 25.4 Å². The molecule has 0 bridgehead atoms. The standard InChI is InChI=1S/C23H25N3O5/c1-30-17-10-11-18(20(13-17)31-2)19-9-6-12-24(19)15-26-22(28)21(27)25(23(26)29)14-16-7-4-3-5-8-16/h3-5,7-8,10-11,13,19H,6,9,12,14-15H2,1-2H3/p+1/t19-/m0/s1. The van der Waals surface area contributed by atoms with Gasteiger partial charge in [0.05, 0.1) is 32.9 Å². The fourth-order valence-corrected chi connectivity index (χ4v) is 4.38. The van der Waals surface area contributed by atoms with Gasteiger partial charge in [0.2, 0.25) is 0 Å². The van der Waals surface area contributed by atoms with Crippen LogP contribution in [0.5, 0.6) is 11.5 Å². The van der Waals surface area contributed by atoms with Crippen LogP contribution in [0.25, 0.3) is 0 Å². The maximum absolute atomic E-state index is 12.9. The molecule has 8 nitrogen and oxygen atoms in total. The number of likely N-dealkylation sites (tertiary alicyclic amines) is 1. The molecule has 4 rings (SSSR count). The summed E-state index contributed by atoms with van der Waals surface area (Å²) in [6, 6.07) is 14.4. The van der Waals surface area contributed by atoms with E-state index in [1.165, 1.54) is 0 Å². The summed E-state index contributed by atoms with van der Waals surface area (Å²) in [5.74, 6) is -0.122. The first-order valence-electron chi connectivity index (χ1n) is 10.3. The third kappa shape index (κ3) is 3.98. The lowest BCUT2D eigenvalue weighted by molar-refractivity contribution is -0.925. The second kappa shape index (κ2) is 8.77. The van der Waals surface area contributed by atoms with Gasteiger partial charge in [-0.15, -0.1) is 0 Å². The number of imide groups is 2. The van der Waals surface area contributed by atoms with Crippen LogP contribution in [0.2, 0.25) is 0 Å². The Bertz CT molecular complexity index is 994. The number of hydrogen-bond donors (Lipinski definition) is 1. The molecule has 0 spiro atoms. The summed E-state index contributed by atoms with van der Waals surface area (Å²) in [5, 5.41) is 0. The summed E-state index contributed by atoms with van der Waals surface area (Å²) in [7, 11) is 3.21. The van der Waals surface area contributed by atoms with Crippen molar-refractivity contribution in [2.24, 2.45) is 0 Å². The Labute approximate surface area is 180 Å². The molecular weight excluding hydrogens is 398 g/mol. The highest BCUT2D eigenvalue weighted by atomic mass is 16.5. The van der Waals surface area contributed by atoms with Crippen LogP contribution in [0.4, 0.5) is 4.79 Å². The van der Waals surface area contributed by atoms with Crippen molar-refractivity contribution in [1.29, 1.82) is 0 Å². The van der Waals surface area contributed by atoms with Crippen LogP contribution in [-0.4, -0.2) is 55.1 Å². The lowest BCUT2D eigenvalue weighted by atomic mass is 10.0. The SMILES string of the molecule is COc1ccc([C@@H]2CCC[NH+]2CN2C(=O)C(=O)N(Cc3ccccc3)C2=O)c(OC)c1. The van der Waals surface area contributed by atoms with Crippen LogP contribution in [0.15, 0.2) is 48.5 Å². The minimum atomic E-state index is -0.772. The topological polar surface area (TPSA) is 80.6 Å². The quantitative estimate of drug-likeness (QED) is 0.537. The van der Waals surface area contributed by atoms with Crippen molar-refractivity contribution in [3.8, 4) is 11.5 Å². The van der Waals surface area contributed by atoms with Gasteiger partial charge in [-0.25, -0.2) is 9.69 Å². The molecule has 1 N–H and O–H groups in total. The van der Waals surface area contributed by atoms with E-state index in [4.69, 9.17) is 9.47 Å². The summed E-state index contributed by atoms with van der Waals surface area (Å²) < 4.78 is 10.8. The number of urea groups is 1. The number of ether oxygens (including phenoxy) is 2. The second-order valence-corrected chi connectivity index (χ2v) is 7.76. The fraction of sp³-hybridized carbons (Fsp3) is 0.348. The third-order valence-corrected chi connectivity index (χ3v) is 5.98. The van der Waals surface area contributed by atoms with Gasteiger partial charge in [-0.2, -0.15) is 0 Å². The minimum absolute atomic E-state index is 0.0553. The van der Waals surface area contributed by atoms with Gasteiger partial charge in [-0.05, 0) is 17.7 Å². The van der Waals surface area contributed by atoms with E-state index in [0.717, 1.165) is 45.2 Å². The van der Waals surface area contributed by atoms with Gasteiger partial charge in [0, 0.05) is 18.9 Å². The van der Waals surface area contributed by atoms with E-state index in [1.807, 2.05) is 48.5 Å². The first-order valence-corrected chi connectivity index (χ1v) is 10.3. The van der Waals surface area contributed by atoms with Crippen LogP contribution in [0.3, 0.4) is 0 Å². The van der Waals surface area contributed by atoms with Gasteiger partial charge >= 0.3 is 17.8 Å². The number of methoxy groups -OCH3 is 2. The molecule has 162 valence electrons. The van der Waals surface area contributed by atoms with Crippen molar-refractivity contribution < 1.29 is 28.8 Å². The summed E-state index contributed by atoms with van der Waals surface area (Å²) >= 11 is 0. The summed E-state index contributed by atoms with van der Waals surface area (Å²) in [5.41, 5.74) is 1.80. The smallest absolute Gasteiger partial charge is 0.339 e. The van der Waals surface area contributed by atoms with Crippen LogP contribution in [-0.2, 0) is 16.1 Å². The molecule has 1 unspecified atom stereocenters. The summed E-state index contributed by atoms with van der Waals surface area (Å²) in [6.45, 7) is 1.03. The van der Waals surface area contributed by atoms with Crippen LogP contribution >= 0.6 is 0 Å². The number of benzene rings is 2. The predicted octanol–water partition coefficient (Wildman–Crippen LogP) is 1.37. The molecule has 0 aliphatic carbocycles. The lowest BCUT2D eigenvalue weighted by Gasteiger charge is -2.26. The van der Waals surface area contributed by atoms with Crippen LogP contribution in [0.1, 0.15) is 30.0 Å². The van der Waals surface area contributed by atoms with Crippen LogP contribution < -0.4 is 14.4 Å². The number of amides is 4. The molecule has 2 heterocycles. The fourth-order valence-electron chi connectivity index (χ4n) is 4.38. The van der Waals surface area contributed by atoms with Crippen molar-refractivity contribution in [1.82, 2.24) is 9.80 Å². The van der Waals surface area contributed by atoms with Crippen molar-refractivity contribution in [3.05, 3.63) is 59.7 Å². The third-order valence-electron chi connectivity index (χ3n) is 5.98. The largest absolute Gasteiger partial charge is 0.497 e. The monoisotopic (exact) mass is 424 g/mol. The number of hydrogen-bond acceptors (Lipinski definition) is 5. The second-order valence-electron chi connectivity index (χ2n) is 7.76. The number of nitrogens with zero attached hydrogens (tertiary/aromatic N) is 2. The number of carbonyl (C=O) groups excluding carboxylic acids is 3. The van der Waals surface area contributed by atoms with E-state index >= 15 is 0 Å².